The SMILES string of the molecule is Cc1cc(C(CO)Nc2ccc(Br)cc2)ccc1Br. The van der Waals surface area contributed by atoms with Crippen molar-refractivity contribution >= 4 is 37.5 Å². The average molecular weight is 385 g/mol. The molecule has 0 heterocycles. The lowest BCUT2D eigenvalue weighted by Crippen LogP contribution is -2.14. The molecule has 2 rings (SSSR count). The molecule has 2 N–H and O–H groups in total. The maximum absolute atomic E-state index is 9.57. The summed E-state index contributed by atoms with van der Waals surface area (Å²) in [6.07, 6.45) is 0. The Morgan fingerprint density at radius 3 is 2.37 bits per heavy atom. The van der Waals surface area contributed by atoms with E-state index in [1.54, 1.807) is 0 Å². The average Bonchev–Trinajstić information content (AvgIpc) is 2.41. The molecule has 0 aliphatic rings. The van der Waals surface area contributed by atoms with Crippen LogP contribution in [0.4, 0.5) is 5.69 Å². The number of benzene rings is 2. The van der Waals surface area contributed by atoms with Crippen LogP contribution in [0.25, 0.3) is 0 Å². The summed E-state index contributed by atoms with van der Waals surface area (Å²) in [4.78, 5) is 0. The number of anilines is 1. The van der Waals surface area contributed by atoms with Gasteiger partial charge in [0.05, 0.1) is 12.6 Å². The number of hydrogen-bond donors (Lipinski definition) is 2. The van der Waals surface area contributed by atoms with E-state index in [-0.39, 0.29) is 12.6 Å². The van der Waals surface area contributed by atoms with Crippen LogP contribution < -0.4 is 5.32 Å². The van der Waals surface area contributed by atoms with Crippen LogP contribution in [0.1, 0.15) is 17.2 Å². The van der Waals surface area contributed by atoms with Gasteiger partial charge in [0.1, 0.15) is 0 Å². The molecule has 0 aliphatic heterocycles. The predicted octanol–water partition coefficient (Wildman–Crippen LogP) is 4.67. The third kappa shape index (κ3) is 3.81. The highest BCUT2D eigenvalue weighted by Crippen LogP contribution is 2.24. The minimum absolute atomic E-state index is 0.0527. The van der Waals surface area contributed by atoms with Gasteiger partial charge in [-0.05, 0) is 48.4 Å². The quantitative estimate of drug-likeness (QED) is 0.802. The molecular formula is C15H15Br2NO. The smallest absolute Gasteiger partial charge is 0.0745 e. The molecule has 2 aromatic rings. The van der Waals surface area contributed by atoms with Gasteiger partial charge >= 0.3 is 0 Å². The van der Waals surface area contributed by atoms with E-state index in [2.05, 4.69) is 43.2 Å². The van der Waals surface area contributed by atoms with Crippen molar-refractivity contribution in [2.45, 2.75) is 13.0 Å². The largest absolute Gasteiger partial charge is 0.394 e. The van der Waals surface area contributed by atoms with E-state index < -0.39 is 0 Å². The van der Waals surface area contributed by atoms with Crippen LogP contribution in [0.5, 0.6) is 0 Å². The molecule has 0 bridgehead atoms. The van der Waals surface area contributed by atoms with Gasteiger partial charge in [0.25, 0.3) is 0 Å². The first kappa shape index (κ1) is 14.6. The Hall–Kier alpha value is -0.840. The van der Waals surface area contributed by atoms with Crippen molar-refractivity contribution in [3.63, 3.8) is 0 Å². The van der Waals surface area contributed by atoms with Gasteiger partial charge in [-0.3, -0.25) is 0 Å². The first-order valence-corrected chi connectivity index (χ1v) is 7.58. The zero-order valence-electron chi connectivity index (χ0n) is 10.5. The van der Waals surface area contributed by atoms with E-state index in [9.17, 15) is 5.11 Å². The molecule has 2 aromatic carbocycles. The molecule has 4 heteroatoms. The molecule has 1 unspecified atom stereocenters. The van der Waals surface area contributed by atoms with Crippen LogP contribution >= 0.6 is 31.9 Å². The van der Waals surface area contributed by atoms with Gasteiger partial charge in [-0.1, -0.05) is 44.0 Å². The van der Waals surface area contributed by atoms with E-state index in [0.717, 1.165) is 25.8 Å². The summed E-state index contributed by atoms with van der Waals surface area (Å²) in [7, 11) is 0. The zero-order chi connectivity index (χ0) is 13.8. The third-order valence-corrected chi connectivity index (χ3v) is 4.37. The highest BCUT2D eigenvalue weighted by atomic mass is 79.9. The maximum Gasteiger partial charge on any atom is 0.0745 e. The minimum atomic E-state index is -0.104. The number of hydrogen-bond acceptors (Lipinski definition) is 2. The molecule has 100 valence electrons. The Morgan fingerprint density at radius 2 is 1.79 bits per heavy atom. The number of aliphatic hydroxyl groups excluding tert-OH is 1. The van der Waals surface area contributed by atoms with Gasteiger partial charge in [0, 0.05) is 14.6 Å². The molecular weight excluding hydrogens is 370 g/mol. The van der Waals surface area contributed by atoms with Crippen molar-refractivity contribution in [2.75, 3.05) is 11.9 Å². The lowest BCUT2D eigenvalue weighted by atomic mass is 10.0. The zero-order valence-corrected chi connectivity index (χ0v) is 13.7. The standard InChI is InChI=1S/C15H15Br2NO/c1-10-8-11(2-7-14(10)17)15(9-19)18-13-5-3-12(16)4-6-13/h2-8,15,18-19H,9H2,1H3. The summed E-state index contributed by atoms with van der Waals surface area (Å²) in [6.45, 7) is 2.10. The van der Waals surface area contributed by atoms with Gasteiger partial charge in [-0.2, -0.15) is 0 Å². The first-order valence-electron chi connectivity index (χ1n) is 5.99. The highest BCUT2D eigenvalue weighted by molar-refractivity contribution is 9.10. The monoisotopic (exact) mass is 383 g/mol. The summed E-state index contributed by atoms with van der Waals surface area (Å²) in [5.41, 5.74) is 3.22. The number of rotatable bonds is 4. The molecule has 0 saturated carbocycles. The molecule has 0 aliphatic carbocycles. The Balaban J connectivity index is 2.19. The van der Waals surface area contributed by atoms with Gasteiger partial charge in [0.2, 0.25) is 0 Å². The van der Waals surface area contributed by atoms with E-state index in [0.29, 0.717) is 0 Å². The fourth-order valence-electron chi connectivity index (χ4n) is 1.87. The molecule has 0 radical (unpaired) electrons. The molecule has 2 nitrogen and oxygen atoms in total. The predicted molar refractivity (Wildman–Crippen MR) is 86.5 cm³/mol. The van der Waals surface area contributed by atoms with E-state index in [1.807, 2.05) is 43.3 Å². The molecule has 19 heavy (non-hydrogen) atoms. The van der Waals surface area contributed by atoms with Gasteiger partial charge in [0.15, 0.2) is 0 Å². The Labute approximate surface area is 130 Å². The Morgan fingerprint density at radius 1 is 1.11 bits per heavy atom. The van der Waals surface area contributed by atoms with Crippen LogP contribution in [0.15, 0.2) is 51.4 Å². The van der Waals surface area contributed by atoms with Crippen LogP contribution in [0, 0.1) is 6.92 Å². The first-order chi connectivity index (χ1) is 9.10. The third-order valence-electron chi connectivity index (χ3n) is 2.95. The van der Waals surface area contributed by atoms with Crippen molar-refractivity contribution in [1.82, 2.24) is 0 Å². The molecule has 0 aromatic heterocycles. The lowest BCUT2D eigenvalue weighted by molar-refractivity contribution is 0.276. The van der Waals surface area contributed by atoms with Gasteiger partial charge in [-0.25, -0.2) is 0 Å². The van der Waals surface area contributed by atoms with Gasteiger partial charge in [-0.15, -0.1) is 0 Å². The van der Waals surface area contributed by atoms with Crippen molar-refractivity contribution < 1.29 is 5.11 Å². The second-order valence-electron chi connectivity index (χ2n) is 4.40. The molecule has 0 spiro atoms. The van der Waals surface area contributed by atoms with Crippen LogP contribution in [0.2, 0.25) is 0 Å². The minimum Gasteiger partial charge on any atom is -0.394 e. The van der Waals surface area contributed by atoms with Crippen molar-refractivity contribution in [2.24, 2.45) is 0 Å². The fourth-order valence-corrected chi connectivity index (χ4v) is 2.38. The topological polar surface area (TPSA) is 32.3 Å². The van der Waals surface area contributed by atoms with E-state index in [1.165, 1.54) is 0 Å². The normalized spacial score (nSPS) is 12.2. The molecule has 1 atom stereocenters. The number of nitrogens with one attached hydrogen (secondary N) is 1. The van der Waals surface area contributed by atoms with Crippen molar-refractivity contribution in [1.29, 1.82) is 0 Å². The summed E-state index contributed by atoms with van der Waals surface area (Å²) >= 11 is 6.90. The fraction of sp³-hybridized carbons (Fsp3) is 0.200. The molecule has 0 amide bonds. The summed E-state index contributed by atoms with van der Waals surface area (Å²) in [5.74, 6) is 0. The lowest BCUT2D eigenvalue weighted by Gasteiger charge is -2.19. The maximum atomic E-state index is 9.57. The molecule has 0 saturated heterocycles. The Kier molecular flexibility index (Phi) is 5.02. The number of aliphatic hydroxyl groups is 1. The number of aryl methyl sites for hydroxylation is 1. The highest BCUT2D eigenvalue weighted by Gasteiger charge is 2.11. The van der Waals surface area contributed by atoms with E-state index in [4.69, 9.17) is 0 Å². The van der Waals surface area contributed by atoms with Gasteiger partial charge < -0.3 is 10.4 Å². The van der Waals surface area contributed by atoms with Crippen LogP contribution in [-0.2, 0) is 0 Å². The van der Waals surface area contributed by atoms with Crippen molar-refractivity contribution in [3.8, 4) is 0 Å². The van der Waals surface area contributed by atoms with Crippen LogP contribution in [0.3, 0.4) is 0 Å². The Bertz CT molecular complexity index is 555. The summed E-state index contributed by atoms with van der Waals surface area (Å²) in [6, 6.07) is 13.9. The number of halogens is 2. The van der Waals surface area contributed by atoms with Crippen molar-refractivity contribution in [3.05, 3.63) is 62.5 Å². The molecule has 0 fully saturated rings. The summed E-state index contributed by atoms with van der Waals surface area (Å²) < 4.78 is 2.12. The summed E-state index contributed by atoms with van der Waals surface area (Å²) in [5, 5.41) is 12.9. The van der Waals surface area contributed by atoms with Crippen LogP contribution in [-0.4, -0.2) is 11.7 Å². The second-order valence-corrected chi connectivity index (χ2v) is 6.17. The van der Waals surface area contributed by atoms with E-state index >= 15 is 0 Å². The second kappa shape index (κ2) is 6.55.